The second-order valence-corrected chi connectivity index (χ2v) is 6.22. The molecule has 0 saturated heterocycles. The third-order valence-electron chi connectivity index (χ3n) is 2.68. The SMILES string of the molecule is c1cc[n]([Al]([n]2cccc2)[n]2cccc2)c1. The van der Waals surface area contributed by atoms with Crippen molar-refractivity contribution in [2.75, 3.05) is 0 Å². The van der Waals surface area contributed by atoms with Crippen LogP contribution in [0.5, 0.6) is 0 Å². The summed E-state index contributed by atoms with van der Waals surface area (Å²) in [6.07, 6.45) is 12.8. The van der Waals surface area contributed by atoms with Gasteiger partial charge in [0, 0.05) is 0 Å². The molecule has 0 amide bonds. The summed E-state index contributed by atoms with van der Waals surface area (Å²) in [5, 5.41) is 0. The summed E-state index contributed by atoms with van der Waals surface area (Å²) in [6, 6.07) is 12.5. The lowest BCUT2D eigenvalue weighted by Crippen LogP contribution is -2.39. The highest BCUT2D eigenvalue weighted by Gasteiger charge is 2.28. The second-order valence-electron chi connectivity index (χ2n) is 3.74. The first-order valence-corrected chi connectivity index (χ1v) is 6.87. The molecule has 0 radical (unpaired) electrons. The van der Waals surface area contributed by atoms with Gasteiger partial charge in [-0.25, -0.2) is 0 Å². The fourth-order valence-electron chi connectivity index (χ4n) is 1.97. The zero-order valence-electron chi connectivity index (χ0n) is 8.85. The van der Waals surface area contributed by atoms with Crippen LogP contribution in [0.4, 0.5) is 0 Å². The van der Waals surface area contributed by atoms with Gasteiger partial charge in [-0.2, -0.15) is 0 Å². The maximum absolute atomic E-state index is 2.31. The number of nitrogens with zero attached hydrogens (tertiary/aromatic N) is 3. The Morgan fingerprint density at radius 3 is 0.938 bits per heavy atom. The first-order valence-electron chi connectivity index (χ1n) is 5.32. The van der Waals surface area contributed by atoms with E-state index >= 15 is 0 Å². The highest BCUT2D eigenvalue weighted by molar-refractivity contribution is 6.53. The average molecular weight is 225 g/mol. The van der Waals surface area contributed by atoms with E-state index in [-0.39, 0.29) is 0 Å². The first-order chi connectivity index (χ1) is 7.95. The van der Waals surface area contributed by atoms with E-state index in [9.17, 15) is 0 Å². The summed E-state index contributed by atoms with van der Waals surface area (Å²) in [5.41, 5.74) is 0. The maximum atomic E-state index is 2.31. The van der Waals surface area contributed by atoms with Gasteiger partial charge in [0.05, 0.1) is 0 Å². The molecule has 0 bridgehead atoms. The molecule has 0 atom stereocenters. The van der Waals surface area contributed by atoms with Gasteiger partial charge in [0.25, 0.3) is 0 Å². The molecular weight excluding hydrogens is 213 g/mol. The second kappa shape index (κ2) is 4.09. The van der Waals surface area contributed by atoms with E-state index < -0.39 is 14.8 Å². The van der Waals surface area contributed by atoms with Gasteiger partial charge in [-0.05, 0) is 73.6 Å². The molecule has 0 aliphatic carbocycles. The smallest absolute Gasteiger partial charge is 0.408 e. The van der Waals surface area contributed by atoms with E-state index in [1.54, 1.807) is 0 Å². The van der Waals surface area contributed by atoms with Gasteiger partial charge in [-0.1, -0.05) is 0 Å². The molecule has 3 aromatic heterocycles. The Hall–Kier alpha value is -1.63. The van der Waals surface area contributed by atoms with Crippen LogP contribution in [0.15, 0.2) is 73.6 Å². The molecule has 3 heterocycles. The van der Waals surface area contributed by atoms with Crippen molar-refractivity contribution < 1.29 is 0 Å². The molecule has 0 unspecified atom stereocenters. The molecule has 3 nitrogen and oxygen atoms in total. The summed E-state index contributed by atoms with van der Waals surface area (Å²) in [7, 11) is 0. The van der Waals surface area contributed by atoms with Gasteiger partial charge < -0.3 is 10.7 Å². The molecule has 0 saturated carbocycles. The van der Waals surface area contributed by atoms with Crippen molar-refractivity contribution in [2.45, 2.75) is 0 Å². The highest BCUT2D eigenvalue weighted by Crippen LogP contribution is 2.03. The van der Waals surface area contributed by atoms with Crippen LogP contribution in [0, 0.1) is 0 Å². The summed E-state index contributed by atoms with van der Waals surface area (Å²) < 4.78 is 6.92. The minimum absolute atomic E-state index is 1.41. The van der Waals surface area contributed by atoms with Crippen LogP contribution >= 0.6 is 0 Å². The Kier molecular flexibility index (Phi) is 2.45. The zero-order valence-corrected chi connectivity index (χ0v) is 10.0. The van der Waals surface area contributed by atoms with Crippen LogP contribution in [0.2, 0.25) is 0 Å². The summed E-state index contributed by atoms with van der Waals surface area (Å²) in [5.74, 6) is 0. The van der Waals surface area contributed by atoms with Crippen molar-refractivity contribution in [3.63, 3.8) is 0 Å². The third kappa shape index (κ3) is 1.63. The van der Waals surface area contributed by atoms with Gasteiger partial charge in [0.2, 0.25) is 0 Å². The Balaban J connectivity index is 2.09. The van der Waals surface area contributed by atoms with Crippen LogP contribution in [-0.2, 0) is 0 Å². The Morgan fingerprint density at radius 2 is 0.688 bits per heavy atom. The monoisotopic (exact) mass is 225 g/mol. The number of hydrogen-bond donors (Lipinski definition) is 0. The average Bonchev–Trinajstić information content (AvgIpc) is 3.02. The van der Waals surface area contributed by atoms with Gasteiger partial charge in [0.15, 0.2) is 0 Å². The fourth-order valence-corrected chi connectivity index (χ4v) is 4.41. The van der Waals surface area contributed by atoms with Crippen LogP contribution in [0.25, 0.3) is 0 Å². The normalized spacial score (nSPS) is 10.5. The minimum Gasteiger partial charge on any atom is -0.408 e. The van der Waals surface area contributed by atoms with E-state index in [1.807, 2.05) is 0 Å². The van der Waals surface area contributed by atoms with Gasteiger partial charge >= 0.3 is 14.8 Å². The van der Waals surface area contributed by atoms with Gasteiger partial charge in [-0.15, -0.1) is 0 Å². The van der Waals surface area contributed by atoms with Gasteiger partial charge in [-0.3, -0.25) is 0 Å². The molecule has 4 heteroatoms. The van der Waals surface area contributed by atoms with Gasteiger partial charge in [0.1, 0.15) is 0 Å². The van der Waals surface area contributed by atoms with Crippen LogP contribution in [-0.4, -0.2) is 25.5 Å². The first kappa shape index (κ1) is 9.59. The lowest BCUT2D eigenvalue weighted by molar-refractivity contribution is 0.965. The molecule has 3 aromatic rings. The zero-order chi connectivity index (χ0) is 10.8. The Bertz CT molecular complexity index is 441. The summed E-state index contributed by atoms with van der Waals surface area (Å²) >= 11 is -1.41. The maximum Gasteiger partial charge on any atom is 0.753 e. The van der Waals surface area contributed by atoms with Crippen molar-refractivity contribution in [1.29, 1.82) is 0 Å². The molecule has 0 aliphatic heterocycles. The predicted molar refractivity (Wildman–Crippen MR) is 65.2 cm³/mol. The fraction of sp³-hybridized carbons (Fsp3) is 0. The Labute approximate surface area is 99.2 Å². The summed E-state index contributed by atoms with van der Waals surface area (Å²) in [6.45, 7) is 0. The molecule has 0 spiro atoms. The minimum atomic E-state index is -1.41. The van der Waals surface area contributed by atoms with E-state index in [0.29, 0.717) is 0 Å². The highest BCUT2D eigenvalue weighted by atomic mass is 27.2. The number of rotatable bonds is 3. The molecule has 3 rings (SSSR count). The van der Waals surface area contributed by atoms with E-state index in [0.717, 1.165) is 0 Å². The lowest BCUT2D eigenvalue weighted by atomic mass is 10.7. The topological polar surface area (TPSA) is 14.8 Å². The van der Waals surface area contributed by atoms with E-state index in [1.165, 1.54) is 0 Å². The molecular formula is C12H12AlN3. The third-order valence-corrected chi connectivity index (χ3v) is 5.32. The summed E-state index contributed by atoms with van der Waals surface area (Å²) in [4.78, 5) is 0. The number of aromatic nitrogens is 3. The molecule has 0 N–H and O–H groups in total. The Morgan fingerprint density at radius 1 is 0.438 bits per heavy atom. The quantitative estimate of drug-likeness (QED) is 0.606. The molecule has 0 aliphatic rings. The lowest BCUT2D eigenvalue weighted by Gasteiger charge is -2.14. The predicted octanol–water partition coefficient (Wildman–Crippen LogP) is 2.02. The van der Waals surface area contributed by atoms with E-state index in [2.05, 4.69) is 84.2 Å². The van der Waals surface area contributed by atoms with Crippen molar-refractivity contribution in [1.82, 2.24) is 10.7 Å². The van der Waals surface area contributed by atoms with E-state index in [4.69, 9.17) is 0 Å². The van der Waals surface area contributed by atoms with Crippen molar-refractivity contribution >= 4 is 14.8 Å². The van der Waals surface area contributed by atoms with Crippen LogP contribution in [0.1, 0.15) is 0 Å². The molecule has 0 fully saturated rings. The van der Waals surface area contributed by atoms with Crippen molar-refractivity contribution in [3.8, 4) is 0 Å². The number of hydrogen-bond acceptors (Lipinski definition) is 0. The standard InChI is InChI=1S/3C4H4N.Al/c3*1-2-4-5-3-1;/h3*1-4H;/q3*-1;+3. The van der Waals surface area contributed by atoms with Crippen molar-refractivity contribution in [3.05, 3.63) is 73.6 Å². The molecule has 0 aromatic carbocycles. The molecule has 16 heavy (non-hydrogen) atoms. The van der Waals surface area contributed by atoms with Crippen molar-refractivity contribution in [2.24, 2.45) is 0 Å². The molecule has 78 valence electrons. The largest absolute Gasteiger partial charge is 0.753 e. The van der Waals surface area contributed by atoms with Crippen LogP contribution in [0.3, 0.4) is 0 Å². The van der Waals surface area contributed by atoms with Crippen LogP contribution < -0.4 is 0 Å².